The third kappa shape index (κ3) is 3.07. The minimum Gasteiger partial charge on any atom is -0.453 e. The van der Waals surface area contributed by atoms with Gasteiger partial charge in [0.1, 0.15) is 6.10 Å². The Morgan fingerprint density at radius 3 is 2.60 bits per heavy atom. The number of aryl methyl sites for hydroxylation is 2. The van der Waals surface area contributed by atoms with Crippen molar-refractivity contribution in [3.63, 3.8) is 0 Å². The lowest BCUT2D eigenvalue weighted by Gasteiger charge is -2.11. The number of esters is 1. The molecule has 2 aromatic rings. The van der Waals surface area contributed by atoms with Gasteiger partial charge < -0.3 is 4.74 Å². The highest BCUT2D eigenvalue weighted by Crippen LogP contribution is 2.31. The predicted octanol–water partition coefficient (Wildman–Crippen LogP) is 3.23. The number of carbonyl (C=O) groups excluding carboxylic acids is 1. The Morgan fingerprint density at radius 1 is 1.40 bits per heavy atom. The molecule has 0 aliphatic heterocycles. The SMILES string of the molecule is Cc1nc(C(C)C)sc1[C@H](C)OC(=O)c1cnn(C)c1. The lowest BCUT2D eigenvalue weighted by molar-refractivity contribution is 0.0343. The summed E-state index contributed by atoms with van der Waals surface area (Å²) in [7, 11) is 1.77. The van der Waals surface area contributed by atoms with E-state index in [0.29, 0.717) is 11.5 Å². The molecule has 1 atom stereocenters. The summed E-state index contributed by atoms with van der Waals surface area (Å²) in [5, 5.41) is 5.04. The summed E-state index contributed by atoms with van der Waals surface area (Å²) < 4.78 is 7.07. The second kappa shape index (κ2) is 5.75. The number of aromatic nitrogens is 3. The molecule has 0 unspecified atom stereocenters. The molecular formula is C14H19N3O2S. The molecular weight excluding hydrogens is 274 g/mol. The molecule has 0 fully saturated rings. The monoisotopic (exact) mass is 293 g/mol. The zero-order valence-electron chi connectivity index (χ0n) is 12.4. The van der Waals surface area contributed by atoms with Gasteiger partial charge in [-0.3, -0.25) is 4.68 Å². The van der Waals surface area contributed by atoms with Crippen molar-refractivity contribution in [2.45, 2.75) is 39.7 Å². The van der Waals surface area contributed by atoms with Crippen LogP contribution in [0.5, 0.6) is 0 Å². The summed E-state index contributed by atoms with van der Waals surface area (Å²) in [6, 6.07) is 0. The van der Waals surface area contributed by atoms with Gasteiger partial charge >= 0.3 is 5.97 Å². The summed E-state index contributed by atoms with van der Waals surface area (Å²) in [6.07, 6.45) is 2.86. The Balaban J connectivity index is 2.12. The highest BCUT2D eigenvalue weighted by atomic mass is 32.1. The highest BCUT2D eigenvalue weighted by molar-refractivity contribution is 7.11. The van der Waals surface area contributed by atoms with E-state index < -0.39 is 0 Å². The Morgan fingerprint density at radius 2 is 2.10 bits per heavy atom. The van der Waals surface area contributed by atoms with Gasteiger partial charge in [0.05, 0.1) is 27.3 Å². The molecule has 2 rings (SSSR count). The van der Waals surface area contributed by atoms with Crippen LogP contribution in [0.1, 0.15) is 58.7 Å². The van der Waals surface area contributed by atoms with Crippen LogP contribution in [0.3, 0.4) is 0 Å². The fourth-order valence-corrected chi connectivity index (χ4v) is 2.91. The zero-order chi connectivity index (χ0) is 14.9. The maximum atomic E-state index is 12.0. The smallest absolute Gasteiger partial charge is 0.341 e. The van der Waals surface area contributed by atoms with E-state index in [1.807, 2.05) is 13.8 Å². The quantitative estimate of drug-likeness (QED) is 0.812. The van der Waals surface area contributed by atoms with Gasteiger partial charge in [-0.25, -0.2) is 9.78 Å². The second-order valence-electron chi connectivity index (χ2n) is 5.11. The van der Waals surface area contributed by atoms with Crippen molar-refractivity contribution in [1.82, 2.24) is 14.8 Å². The van der Waals surface area contributed by atoms with Crippen LogP contribution in [0.2, 0.25) is 0 Å². The molecule has 20 heavy (non-hydrogen) atoms. The molecule has 0 aliphatic carbocycles. The van der Waals surface area contributed by atoms with Crippen molar-refractivity contribution >= 4 is 17.3 Å². The number of thiazole rings is 1. The number of ether oxygens (including phenoxy) is 1. The maximum absolute atomic E-state index is 12.0. The van der Waals surface area contributed by atoms with Crippen LogP contribution in [-0.4, -0.2) is 20.7 Å². The van der Waals surface area contributed by atoms with Crippen molar-refractivity contribution in [3.8, 4) is 0 Å². The molecule has 0 radical (unpaired) electrons. The van der Waals surface area contributed by atoms with E-state index >= 15 is 0 Å². The molecule has 0 saturated carbocycles. The fraction of sp³-hybridized carbons (Fsp3) is 0.500. The molecule has 5 nitrogen and oxygen atoms in total. The van der Waals surface area contributed by atoms with E-state index in [-0.39, 0.29) is 12.1 Å². The lowest BCUT2D eigenvalue weighted by Crippen LogP contribution is -2.08. The number of rotatable bonds is 4. The normalized spacial score (nSPS) is 12.7. The molecule has 6 heteroatoms. The molecule has 0 saturated heterocycles. The third-order valence-corrected chi connectivity index (χ3v) is 4.56. The van der Waals surface area contributed by atoms with E-state index in [0.717, 1.165) is 15.6 Å². The van der Waals surface area contributed by atoms with E-state index in [2.05, 4.69) is 23.9 Å². The fourth-order valence-electron chi connectivity index (χ4n) is 1.86. The standard InChI is InChI=1S/C14H19N3O2S/c1-8(2)13-16-9(3)12(20-13)10(4)19-14(18)11-6-15-17(5)7-11/h6-8,10H,1-5H3/t10-/m0/s1. The summed E-state index contributed by atoms with van der Waals surface area (Å²) in [5.41, 5.74) is 1.40. The molecule has 0 aliphatic rings. The molecule has 2 aromatic heterocycles. The van der Waals surface area contributed by atoms with Crippen molar-refractivity contribution < 1.29 is 9.53 Å². The number of nitrogens with zero attached hydrogens (tertiary/aromatic N) is 3. The van der Waals surface area contributed by atoms with E-state index in [1.54, 1.807) is 29.3 Å². The van der Waals surface area contributed by atoms with Gasteiger partial charge in [-0.05, 0) is 13.8 Å². The van der Waals surface area contributed by atoms with Gasteiger partial charge in [0.15, 0.2) is 0 Å². The molecule has 0 spiro atoms. The van der Waals surface area contributed by atoms with Gasteiger partial charge in [0.25, 0.3) is 0 Å². The van der Waals surface area contributed by atoms with Crippen molar-refractivity contribution in [2.75, 3.05) is 0 Å². The molecule has 0 aromatic carbocycles. The van der Waals surface area contributed by atoms with Crippen molar-refractivity contribution in [1.29, 1.82) is 0 Å². The third-order valence-electron chi connectivity index (χ3n) is 2.94. The Bertz CT molecular complexity index is 616. The number of hydrogen-bond donors (Lipinski definition) is 0. The summed E-state index contributed by atoms with van der Waals surface area (Å²) in [6.45, 7) is 8.04. The van der Waals surface area contributed by atoms with Crippen LogP contribution in [0.15, 0.2) is 12.4 Å². The first kappa shape index (κ1) is 14.7. The van der Waals surface area contributed by atoms with Crippen LogP contribution in [0, 0.1) is 6.92 Å². The van der Waals surface area contributed by atoms with E-state index in [1.165, 1.54) is 6.20 Å². The van der Waals surface area contributed by atoms with Gasteiger partial charge in [0.2, 0.25) is 0 Å². The lowest BCUT2D eigenvalue weighted by atomic mass is 10.2. The Labute approximate surface area is 122 Å². The van der Waals surface area contributed by atoms with Gasteiger partial charge in [-0.15, -0.1) is 11.3 Å². The van der Waals surface area contributed by atoms with Crippen molar-refractivity contribution in [3.05, 3.63) is 33.5 Å². The second-order valence-corrected chi connectivity index (χ2v) is 6.17. The average Bonchev–Trinajstić information content (AvgIpc) is 2.95. The molecule has 0 N–H and O–H groups in total. The molecule has 108 valence electrons. The van der Waals surface area contributed by atoms with E-state index in [9.17, 15) is 4.79 Å². The zero-order valence-corrected chi connectivity index (χ0v) is 13.2. The summed E-state index contributed by atoms with van der Waals surface area (Å²) in [5.74, 6) is 0.0261. The van der Waals surface area contributed by atoms with Crippen molar-refractivity contribution in [2.24, 2.45) is 7.05 Å². The summed E-state index contributed by atoms with van der Waals surface area (Å²) in [4.78, 5) is 17.5. The predicted molar refractivity (Wildman–Crippen MR) is 78.0 cm³/mol. The average molecular weight is 293 g/mol. The summed E-state index contributed by atoms with van der Waals surface area (Å²) >= 11 is 1.61. The van der Waals surface area contributed by atoms with Gasteiger partial charge in [-0.1, -0.05) is 13.8 Å². The van der Waals surface area contributed by atoms with Crippen LogP contribution in [0.4, 0.5) is 0 Å². The molecule has 2 heterocycles. The number of carbonyl (C=O) groups is 1. The highest BCUT2D eigenvalue weighted by Gasteiger charge is 2.20. The van der Waals surface area contributed by atoms with Crippen LogP contribution >= 0.6 is 11.3 Å². The first-order chi connectivity index (χ1) is 9.38. The topological polar surface area (TPSA) is 57.0 Å². The van der Waals surface area contributed by atoms with Crippen LogP contribution in [-0.2, 0) is 11.8 Å². The first-order valence-corrected chi connectivity index (χ1v) is 7.37. The minimum atomic E-state index is -0.357. The van der Waals surface area contributed by atoms with Gasteiger partial charge in [-0.2, -0.15) is 5.10 Å². The largest absolute Gasteiger partial charge is 0.453 e. The molecule has 0 amide bonds. The Hall–Kier alpha value is -1.69. The van der Waals surface area contributed by atoms with Crippen LogP contribution < -0.4 is 0 Å². The minimum absolute atomic E-state index is 0.298. The Kier molecular flexibility index (Phi) is 4.23. The number of hydrogen-bond acceptors (Lipinski definition) is 5. The van der Waals surface area contributed by atoms with Crippen LogP contribution in [0.25, 0.3) is 0 Å². The van der Waals surface area contributed by atoms with E-state index in [4.69, 9.17) is 4.74 Å². The molecule has 0 bridgehead atoms. The first-order valence-electron chi connectivity index (χ1n) is 6.55. The van der Waals surface area contributed by atoms with Gasteiger partial charge in [0, 0.05) is 19.2 Å². The maximum Gasteiger partial charge on any atom is 0.341 e.